The fraction of sp³-hybridized carbons (Fsp3) is 0.500. The maximum atomic E-state index is 11.8. The van der Waals surface area contributed by atoms with E-state index in [2.05, 4.69) is 10.6 Å². The number of halogens is 1. The number of amides is 2. The first kappa shape index (κ1) is 14.9. The number of urea groups is 1. The van der Waals surface area contributed by atoms with Crippen LogP contribution in [0.4, 0.5) is 10.5 Å². The highest BCUT2D eigenvalue weighted by atomic mass is 35.5. The molecule has 110 valence electrons. The molecule has 0 unspecified atom stereocenters. The van der Waals surface area contributed by atoms with Gasteiger partial charge in [0.25, 0.3) is 0 Å². The third kappa shape index (κ3) is 3.77. The molecule has 20 heavy (non-hydrogen) atoms. The predicted octanol–water partition coefficient (Wildman–Crippen LogP) is 2.78. The number of hydrogen-bond acceptors (Lipinski definition) is 3. The monoisotopic (exact) mass is 298 g/mol. The van der Waals surface area contributed by atoms with Crippen molar-refractivity contribution in [3.63, 3.8) is 0 Å². The van der Waals surface area contributed by atoms with E-state index in [1.54, 1.807) is 25.3 Å². The maximum absolute atomic E-state index is 11.8. The van der Waals surface area contributed by atoms with Crippen molar-refractivity contribution in [1.29, 1.82) is 0 Å². The van der Waals surface area contributed by atoms with Gasteiger partial charge in [-0.15, -0.1) is 0 Å². The van der Waals surface area contributed by atoms with Crippen molar-refractivity contribution in [1.82, 2.24) is 5.32 Å². The summed E-state index contributed by atoms with van der Waals surface area (Å²) in [6.45, 7) is 0.257. The SMILES string of the molecule is COc1ccc(NC(=O)NCC2(O)CCCC2)c(Cl)c1. The molecule has 5 nitrogen and oxygen atoms in total. The van der Waals surface area contributed by atoms with Gasteiger partial charge in [0.1, 0.15) is 5.75 Å². The molecule has 1 aromatic carbocycles. The minimum atomic E-state index is -0.763. The Bertz CT molecular complexity index is 487. The van der Waals surface area contributed by atoms with Crippen molar-refractivity contribution in [2.45, 2.75) is 31.3 Å². The summed E-state index contributed by atoms with van der Waals surface area (Å²) in [6.07, 6.45) is 3.47. The van der Waals surface area contributed by atoms with Crippen molar-refractivity contribution >= 4 is 23.3 Å². The number of rotatable bonds is 4. The standard InChI is InChI=1S/C14H19ClN2O3/c1-20-10-4-5-12(11(15)8-10)17-13(18)16-9-14(19)6-2-3-7-14/h4-5,8,19H,2-3,6-7,9H2,1H3,(H2,16,17,18). The van der Waals surface area contributed by atoms with Crippen LogP contribution in [-0.2, 0) is 0 Å². The Morgan fingerprint density at radius 3 is 2.75 bits per heavy atom. The quantitative estimate of drug-likeness (QED) is 0.800. The highest BCUT2D eigenvalue weighted by Crippen LogP contribution is 2.29. The normalized spacial score (nSPS) is 16.8. The largest absolute Gasteiger partial charge is 0.497 e. The van der Waals surface area contributed by atoms with Crippen molar-refractivity contribution in [3.8, 4) is 5.75 Å². The van der Waals surface area contributed by atoms with Crippen molar-refractivity contribution in [2.24, 2.45) is 0 Å². The number of ether oxygens (including phenoxy) is 1. The molecule has 0 spiro atoms. The number of aliphatic hydroxyl groups is 1. The van der Waals surface area contributed by atoms with Crippen LogP contribution >= 0.6 is 11.6 Å². The molecule has 1 fully saturated rings. The molecule has 0 saturated heterocycles. The van der Waals surface area contributed by atoms with E-state index in [0.717, 1.165) is 25.7 Å². The topological polar surface area (TPSA) is 70.6 Å². The Morgan fingerprint density at radius 2 is 2.15 bits per heavy atom. The van der Waals surface area contributed by atoms with Crippen LogP contribution in [0.25, 0.3) is 0 Å². The van der Waals surface area contributed by atoms with E-state index in [1.165, 1.54) is 0 Å². The fourth-order valence-electron chi connectivity index (χ4n) is 2.35. The second-order valence-corrected chi connectivity index (χ2v) is 5.49. The van der Waals surface area contributed by atoms with E-state index < -0.39 is 5.60 Å². The minimum absolute atomic E-state index is 0.257. The first-order chi connectivity index (χ1) is 9.52. The molecular formula is C14H19ClN2O3. The lowest BCUT2D eigenvalue weighted by molar-refractivity contribution is 0.0506. The molecule has 0 radical (unpaired) electrons. The summed E-state index contributed by atoms with van der Waals surface area (Å²) in [5, 5.41) is 15.9. The second kappa shape index (κ2) is 6.33. The average Bonchev–Trinajstić information content (AvgIpc) is 2.86. The number of hydrogen-bond donors (Lipinski definition) is 3. The highest BCUT2D eigenvalue weighted by molar-refractivity contribution is 6.33. The van der Waals surface area contributed by atoms with Crippen molar-refractivity contribution < 1.29 is 14.6 Å². The summed E-state index contributed by atoms with van der Waals surface area (Å²) in [6, 6.07) is 4.64. The number of nitrogens with one attached hydrogen (secondary N) is 2. The third-order valence-corrected chi connectivity index (χ3v) is 3.85. The van der Waals surface area contributed by atoms with Crippen molar-refractivity contribution in [3.05, 3.63) is 23.2 Å². The zero-order valence-corrected chi connectivity index (χ0v) is 12.2. The van der Waals surface area contributed by atoms with Crippen molar-refractivity contribution in [2.75, 3.05) is 19.0 Å². The molecule has 0 bridgehead atoms. The summed E-state index contributed by atoms with van der Waals surface area (Å²) in [4.78, 5) is 11.8. The Balaban J connectivity index is 1.88. The maximum Gasteiger partial charge on any atom is 0.319 e. The van der Waals surface area contributed by atoms with Gasteiger partial charge in [-0.25, -0.2) is 4.79 Å². The van der Waals surface area contributed by atoms with Crippen LogP contribution in [-0.4, -0.2) is 30.4 Å². The van der Waals surface area contributed by atoms with Gasteiger partial charge in [-0.05, 0) is 25.0 Å². The van der Waals surface area contributed by atoms with Gasteiger partial charge in [0.2, 0.25) is 0 Å². The van der Waals surface area contributed by atoms with Crippen LogP contribution < -0.4 is 15.4 Å². The first-order valence-electron chi connectivity index (χ1n) is 6.63. The Kier molecular flexibility index (Phi) is 4.73. The van der Waals surface area contributed by atoms with Gasteiger partial charge in [-0.2, -0.15) is 0 Å². The molecule has 1 aliphatic rings. The molecule has 1 saturated carbocycles. The number of benzene rings is 1. The molecule has 0 aromatic heterocycles. The Labute approximate surface area is 123 Å². The number of carbonyl (C=O) groups is 1. The van der Waals surface area contributed by atoms with E-state index >= 15 is 0 Å². The number of carbonyl (C=O) groups excluding carboxylic acids is 1. The van der Waals surface area contributed by atoms with Crippen LogP contribution in [0.3, 0.4) is 0 Å². The van der Waals surface area contributed by atoms with Crippen LogP contribution in [0.15, 0.2) is 18.2 Å². The molecule has 3 N–H and O–H groups in total. The van der Waals surface area contributed by atoms with E-state index in [1.807, 2.05) is 0 Å². The predicted molar refractivity (Wildman–Crippen MR) is 78.4 cm³/mol. The van der Waals surface area contributed by atoms with E-state index in [-0.39, 0.29) is 12.6 Å². The molecule has 1 aromatic rings. The van der Waals surface area contributed by atoms with Crippen LogP contribution in [0.1, 0.15) is 25.7 Å². The lowest BCUT2D eigenvalue weighted by Crippen LogP contribution is -2.42. The Hall–Kier alpha value is -1.46. The van der Waals surface area contributed by atoms with Crippen LogP contribution in [0.2, 0.25) is 5.02 Å². The Morgan fingerprint density at radius 1 is 1.45 bits per heavy atom. The lowest BCUT2D eigenvalue weighted by Gasteiger charge is -2.22. The first-order valence-corrected chi connectivity index (χ1v) is 7.01. The van der Waals surface area contributed by atoms with Gasteiger partial charge in [0.15, 0.2) is 0 Å². The van der Waals surface area contributed by atoms with Gasteiger partial charge >= 0.3 is 6.03 Å². The summed E-state index contributed by atoms with van der Waals surface area (Å²) in [7, 11) is 1.55. The molecular weight excluding hydrogens is 280 g/mol. The molecule has 1 aliphatic carbocycles. The van der Waals surface area contributed by atoms with E-state index in [4.69, 9.17) is 16.3 Å². The molecule has 0 heterocycles. The fourth-order valence-corrected chi connectivity index (χ4v) is 2.56. The van der Waals surface area contributed by atoms with Gasteiger partial charge in [-0.3, -0.25) is 0 Å². The summed E-state index contributed by atoms with van der Waals surface area (Å²) >= 11 is 6.03. The van der Waals surface area contributed by atoms with Gasteiger partial charge in [-0.1, -0.05) is 24.4 Å². The zero-order valence-electron chi connectivity index (χ0n) is 11.4. The van der Waals surface area contributed by atoms with Gasteiger partial charge in [0, 0.05) is 12.6 Å². The molecule has 2 rings (SSSR count). The van der Waals surface area contributed by atoms with E-state index in [9.17, 15) is 9.90 Å². The molecule has 0 atom stereocenters. The highest BCUT2D eigenvalue weighted by Gasteiger charge is 2.31. The molecule has 2 amide bonds. The smallest absolute Gasteiger partial charge is 0.319 e. The zero-order chi connectivity index (χ0) is 14.6. The van der Waals surface area contributed by atoms with Crippen LogP contribution in [0.5, 0.6) is 5.75 Å². The summed E-state index contributed by atoms with van der Waals surface area (Å²) in [5.74, 6) is 0.626. The lowest BCUT2D eigenvalue weighted by atomic mass is 10.0. The van der Waals surface area contributed by atoms with Gasteiger partial charge < -0.3 is 20.5 Å². The van der Waals surface area contributed by atoms with Crippen LogP contribution in [0, 0.1) is 0 Å². The van der Waals surface area contributed by atoms with E-state index in [0.29, 0.717) is 16.5 Å². The summed E-state index contributed by atoms with van der Waals surface area (Å²) < 4.78 is 5.04. The molecule has 0 aliphatic heterocycles. The average molecular weight is 299 g/mol. The third-order valence-electron chi connectivity index (χ3n) is 3.54. The number of methoxy groups -OCH3 is 1. The number of anilines is 1. The van der Waals surface area contributed by atoms with Gasteiger partial charge in [0.05, 0.1) is 23.4 Å². The molecule has 6 heteroatoms. The minimum Gasteiger partial charge on any atom is -0.497 e. The second-order valence-electron chi connectivity index (χ2n) is 5.08. The summed E-state index contributed by atoms with van der Waals surface area (Å²) in [5.41, 5.74) is -0.260.